The lowest BCUT2D eigenvalue weighted by molar-refractivity contribution is -0.115. The first kappa shape index (κ1) is 20.8. The van der Waals surface area contributed by atoms with Crippen LogP contribution in [0, 0.1) is 0 Å². The molecule has 0 spiro atoms. The highest BCUT2D eigenvalue weighted by molar-refractivity contribution is 7.93. The van der Waals surface area contributed by atoms with E-state index in [1.807, 2.05) is 0 Å². The minimum absolute atomic E-state index is 0.0605. The number of carbonyl (C=O) groups is 2. The Hall–Kier alpha value is -2.95. The van der Waals surface area contributed by atoms with Crippen LogP contribution in [0.5, 0.6) is 0 Å². The van der Waals surface area contributed by atoms with E-state index in [2.05, 4.69) is 15.0 Å². The first-order chi connectivity index (χ1) is 13.7. The molecule has 8 nitrogen and oxygen atoms in total. The van der Waals surface area contributed by atoms with Crippen LogP contribution in [0.2, 0.25) is 5.02 Å². The average Bonchev–Trinajstić information content (AvgIpc) is 3.09. The summed E-state index contributed by atoms with van der Waals surface area (Å²) in [7, 11) is -3.76. The Bertz CT molecular complexity index is 1160. The lowest BCUT2D eigenvalue weighted by Crippen LogP contribution is -2.15. The van der Waals surface area contributed by atoms with Crippen LogP contribution in [-0.4, -0.2) is 30.4 Å². The van der Waals surface area contributed by atoms with Crippen LogP contribution in [0.25, 0.3) is 0 Å². The van der Waals surface area contributed by atoms with Gasteiger partial charge in [0.05, 0.1) is 27.6 Å². The third-order valence-corrected chi connectivity index (χ3v) is 6.27. The van der Waals surface area contributed by atoms with E-state index in [4.69, 9.17) is 16.7 Å². The van der Waals surface area contributed by atoms with Crippen molar-refractivity contribution in [3.05, 3.63) is 70.2 Å². The maximum atomic E-state index is 12.3. The number of carboxylic acids is 1. The molecule has 0 bridgehead atoms. The predicted octanol–water partition coefficient (Wildman–Crippen LogP) is 3.48. The molecule has 150 valence electrons. The summed E-state index contributed by atoms with van der Waals surface area (Å²) in [4.78, 5) is 27.5. The van der Waals surface area contributed by atoms with E-state index in [9.17, 15) is 18.0 Å². The van der Waals surface area contributed by atoms with Crippen molar-refractivity contribution < 1.29 is 23.1 Å². The number of nitrogens with zero attached hydrogens (tertiary/aromatic N) is 1. The minimum atomic E-state index is -3.76. The van der Waals surface area contributed by atoms with Crippen LogP contribution < -0.4 is 10.0 Å². The van der Waals surface area contributed by atoms with Gasteiger partial charge in [0.1, 0.15) is 0 Å². The molecule has 3 rings (SSSR count). The van der Waals surface area contributed by atoms with Gasteiger partial charge in [-0.3, -0.25) is 9.52 Å². The molecule has 3 N–H and O–H groups in total. The maximum absolute atomic E-state index is 12.3. The number of nitrogens with one attached hydrogen (secondary N) is 2. The van der Waals surface area contributed by atoms with Crippen LogP contribution in [0.4, 0.5) is 10.8 Å². The maximum Gasteiger partial charge on any atom is 0.337 e. The fraction of sp³-hybridized carbons (Fsp3) is 0.0556. The van der Waals surface area contributed by atoms with Crippen LogP contribution in [0.15, 0.2) is 58.8 Å². The molecular formula is C18H14ClN3O5S2. The van der Waals surface area contributed by atoms with Crippen molar-refractivity contribution in [2.24, 2.45) is 0 Å². The van der Waals surface area contributed by atoms with Gasteiger partial charge < -0.3 is 10.4 Å². The average molecular weight is 452 g/mol. The summed E-state index contributed by atoms with van der Waals surface area (Å²) in [6, 6.07) is 12.0. The Labute approximate surface area is 175 Å². The van der Waals surface area contributed by atoms with Gasteiger partial charge in [-0.05, 0) is 30.3 Å². The zero-order valence-corrected chi connectivity index (χ0v) is 17.0. The zero-order chi connectivity index (χ0) is 21.0. The first-order valence-corrected chi connectivity index (χ1v) is 10.8. The number of hydrogen-bond donors (Lipinski definition) is 3. The molecule has 1 heterocycles. The summed E-state index contributed by atoms with van der Waals surface area (Å²) in [5.74, 6) is -1.65. The van der Waals surface area contributed by atoms with E-state index in [1.165, 1.54) is 30.3 Å². The van der Waals surface area contributed by atoms with Gasteiger partial charge in [0, 0.05) is 11.1 Å². The third kappa shape index (κ3) is 5.31. The van der Waals surface area contributed by atoms with E-state index >= 15 is 0 Å². The second-order valence-corrected chi connectivity index (χ2v) is 8.73. The quantitative estimate of drug-likeness (QED) is 0.505. The molecule has 0 atom stereocenters. The van der Waals surface area contributed by atoms with E-state index < -0.39 is 21.9 Å². The fourth-order valence-electron chi connectivity index (χ4n) is 2.35. The number of thiazole rings is 1. The molecule has 0 saturated carbocycles. The Morgan fingerprint density at radius 1 is 1.14 bits per heavy atom. The fourth-order valence-corrected chi connectivity index (χ4v) is 4.53. The lowest BCUT2D eigenvalue weighted by Gasteiger charge is -2.06. The summed E-state index contributed by atoms with van der Waals surface area (Å²) in [5.41, 5.74) is 0.512. The van der Waals surface area contributed by atoms with Crippen LogP contribution in [-0.2, 0) is 21.2 Å². The number of anilines is 2. The number of aromatic nitrogens is 1. The van der Waals surface area contributed by atoms with Crippen molar-refractivity contribution in [2.75, 3.05) is 10.0 Å². The molecule has 0 aliphatic carbocycles. The van der Waals surface area contributed by atoms with Crippen LogP contribution in [0.1, 0.15) is 16.1 Å². The number of amides is 1. The smallest absolute Gasteiger partial charge is 0.337 e. The molecule has 0 aliphatic rings. The number of benzene rings is 2. The molecule has 0 saturated heterocycles. The van der Waals surface area contributed by atoms with Crippen molar-refractivity contribution in [3.63, 3.8) is 0 Å². The Morgan fingerprint density at radius 2 is 1.86 bits per heavy atom. The molecule has 11 heteroatoms. The van der Waals surface area contributed by atoms with E-state index in [0.29, 0.717) is 5.69 Å². The lowest BCUT2D eigenvalue weighted by atomic mass is 10.2. The van der Waals surface area contributed by atoms with Crippen LogP contribution >= 0.6 is 22.9 Å². The molecular weight excluding hydrogens is 438 g/mol. The highest BCUT2D eigenvalue weighted by Crippen LogP contribution is 2.22. The molecule has 3 aromatic rings. The highest BCUT2D eigenvalue weighted by Gasteiger charge is 2.17. The highest BCUT2D eigenvalue weighted by atomic mass is 35.5. The number of sulfonamides is 1. The number of halogens is 1. The van der Waals surface area contributed by atoms with E-state index in [-0.39, 0.29) is 32.7 Å². The van der Waals surface area contributed by atoms with E-state index in [0.717, 1.165) is 11.3 Å². The van der Waals surface area contributed by atoms with Crippen molar-refractivity contribution in [1.29, 1.82) is 0 Å². The van der Waals surface area contributed by atoms with Gasteiger partial charge in [-0.1, -0.05) is 29.8 Å². The normalized spacial score (nSPS) is 11.1. The van der Waals surface area contributed by atoms with E-state index in [1.54, 1.807) is 23.6 Å². The summed E-state index contributed by atoms with van der Waals surface area (Å²) in [6.45, 7) is 0. The van der Waals surface area contributed by atoms with Gasteiger partial charge in [0.15, 0.2) is 5.13 Å². The first-order valence-electron chi connectivity index (χ1n) is 8.09. The Kier molecular flexibility index (Phi) is 6.16. The molecule has 0 radical (unpaired) electrons. The standard InChI is InChI=1S/C18H14ClN3O5S2/c19-15-7-6-11(8-14(15)17(24)25)20-16(23)9-12-10-28-18(21-12)22-29(26,27)13-4-2-1-3-5-13/h1-8,10H,9H2,(H,20,23)(H,21,22)(H,24,25). The second kappa shape index (κ2) is 8.60. The molecule has 29 heavy (non-hydrogen) atoms. The van der Waals surface area contributed by atoms with Crippen molar-refractivity contribution in [3.8, 4) is 0 Å². The minimum Gasteiger partial charge on any atom is -0.478 e. The summed E-state index contributed by atoms with van der Waals surface area (Å²) in [6.07, 6.45) is -0.116. The van der Waals surface area contributed by atoms with Crippen molar-refractivity contribution in [2.45, 2.75) is 11.3 Å². The molecule has 2 aromatic carbocycles. The topological polar surface area (TPSA) is 125 Å². The largest absolute Gasteiger partial charge is 0.478 e. The number of rotatable bonds is 7. The molecule has 0 unspecified atom stereocenters. The monoisotopic (exact) mass is 451 g/mol. The predicted molar refractivity (Wildman–Crippen MR) is 110 cm³/mol. The number of carbonyl (C=O) groups excluding carboxylic acids is 1. The number of carboxylic acid groups (broad SMARTS) is 1. The zero-order valence-electron chi connectivity index (χ0n) is 14.6. The Morgan fingerprint density at radius 3 is 2.55 bits per heavy atom. The second-order valence-electron chi connectivity index (χ2n) is 5.79. The van der Waals surface area contributed by atoms with Gasteiger partial charge in [-0.2, -0.15) is 0 Å². The number of aromatic carboxylic acids is 1. The van der Waals surface area contributed by atoms with Gasteiger partial charge in [-0.25, -0.2) is 18.2 Å². The van der Waals surface area contributed by atoms with Gasteiger partial charge in [0.25, 0.3) is 10.0 Å². The summed E-state index contributed by atoms with van der Waals surface area (Å²) >= 11 is 6.85. The SMILES string of the molecule is O=C(Cc1csc(NS(=O)(=O)c2ccccc2)n1)Nc1ccc(Cl)c(C(=O)O)c1. The third-order valence-electron chi connectivity index (χ3n) is 3.65. The van der Waals surface area contributed by atoms with Crippen molar-refractivity contribution in [1.82, 2.24) is 4.98 Å². The van der Waals surface area contributed by atoms with Gasteiger partial charge in [0.2, 0.25) is 5.91 Å². The molecule has 1 amide bonds. The van der Waals surface area contributed by atoms with Crippen molar-refractivity contribution >= 4 is 55.7 Å². The summed E-state index contributed by atoms with van der Waals surface area (Å²) in [5, 5.41) is 13.4. The molecule has 0 fully saturated rings. The Balaban J connectivity index is 1.65. The number of hydrogen-bond acceptors (Lipinski definition) is 6. The van der Waals surface area contributed by atoms with Gasteiger partial charge in [-0.15, -0.1) is 11.3 Å². The van der Waals surface area contributed by atoms with Crippen LogP contribution in [0.3, 0.4) is 0 Å². The molecule has 1 aromatic heterocycles. The summed E-state index contributed by atoms with van der Waals surface area (Å²) < 4.78 is 27.0. The molecule has 0 aliphatic heterocycles. The van der Waals surface area contributed by atoms with Gasteiger partial charge >= 0.3 is 5.97 Å².